The number of hydrogen-bond donors (Lipinski definition) is 2. The number of aromatic nitrogens is 3. The number of para-hydroxylation sites is 1. The molecular formula is C25H26N4O3. The maximum absolute atomic E-state index is 10.3. The van der Waals surface area contributed by atoms with Gasteiger partial charge in [-0.2, -0.15) is 0 Å². The largest absolute Gasteiger partial charge is 0.493 e. The molecule has 1 fully saturated rings. The summed E-state index contributed by atoms with van der Waals surface area (Å²) in [5, 5.41) is 10.3. The van der Waals surface area contributed by atoms with Gasteiger partial charge in [0, 0.05) is 29.9 Å². The van der Waals surface area contributed by atoms with Crippen LogP contribution in [0.1, 0.15) is 38.4 Å². The lowest BCUT2D eigenvalue weighted by Gasteiger charge is -2.40. The number of nitrogens with zero attached hydrogens (tertiary/aromatic N) is 3. The van der Waals surface area contributed by atoms with Gasteiger partial charge < -0.3 is 20.3 Å². The van der Waals surface area contributed by atoms with Gasteiger partial charge in [-0.15, -0.1) is 0 Å². The summed E-state index contributed by atoms with van der Waals surface area (Å²) in [6, 6.07) is 15.3. The highest BCUT2D eigenvalue weighted by Gasteiger charge is 2.41. The van der Waals surface area contributed by atoms with E-state index in [9.17, 15) is 5.11 Å². The van der Waals surface area contributed by atoms with Crippen molar-refractivity contribution in [2.75, 3.05) is 12.3 Å². The third-order valence-corrected chi connectivity index (χ3v) is 5.83. The predicted octanol–water partition coefficient (Wildman–Crippen LogP) is 4.80. The Hall–Kier alpha value is -3.58. The topological polar surface area (TPSA) is 94.9 Å². The van der Waals surface area contributed by atoms with E-state index in [0.717, 1.165) is 22.7 Å². The molecule has 7 nitrogen and oxygen atoms in total. The van der Waals surface area contributed by atoms with E-state index in [0.29, 0.717) is 42.5 Å². The minimum atomic E-state index is -0.651. The van der Waals surface area contributed by atoms with E-state index in [4.69, 9.17) is 20.2 Å². The van der Waals surface area contributed by atoms with Gasteiger partial charge in [0.15, 0.2) is 0 Å². The van der Waals surface area contributed by atoms with E-state index in [2.05, 4.69) is 4.98 Å². The molecule has 0 saturated heterocycles. The number of hydrogen-bond acceptors (Lipinski definition) is 6. The number of ether oxygens (including phenoxy) is 2. The second-order valence-corrected chi connectivity index (χ2v) is 8.46. The first-order valence-corrected chi connectivity index (χ1v) is 10.8. The summed E-state index contributed by atoms with van der Waals surface area (Å²) < 4.78 is 13.9. The van der Waals surface area contributed by atoms with Gasteiger partial charge in [0.1, 0.15) is 40.1 Å². The Morgan fingerprint density at radius 1 is 1.16 bits per heavy atom. The van der Waals surface area contributed by atoms with E-state index in [-0.39, 0.29) is 5.92 Å². The Morgan fingerprint density at radius 3 is 2.66 bits per heavy atom. The highest BCUT2D eigenvalue weighted by molar-refractivity contribution is 5.88. The molecule has 7 heteroatoms. The molecule has 32 heavy (non-hydrogen) atoms. The zero-order valence-corrected chi connectivity index (χ0v) is 18.2. The zero-order valence-electron chi connectivity index (χ0n) is 18.2. The van der Waals surface area contributed by atoms with Crippen molar-refractivity contribution in [3.05, 3.63) is 66.7 Å². The fourth-order valence-corrected chi connectivity index (χ4v) is 4.41. The maximum Gasteiger partial charge on any atom is 0.150 e. The monoisotopic (exact) mass is 430 g/mol. The summed E-state index contributed by atoms with van der Waals surface area (Å²) in [4.78, 5) is 9.27. The van der Waals surface area contributed by atoms with Crippen LogP contribution in [-0.2, 0) is 0 Å². The van der Waals surface area contributed by atoms with Crippen LogP contribution in [0, 0.1) is 0 Å². The third kappa shape index (κ3) is 3.65. The molecule has 4 aromatic rings. The van der Waals surface area contributed by atoms with Gasteiger partial charge in [-0.1, -0.05) is 18.2 Å². The van der Waals surface area contributed by atoms with Crippen LogP contribution in [0.25, 0.3) is 16.8 Å². The Morgan fingerprint density at radius 2 is 1.94 bits per heavy atom. The number of nitrogens with two attached hydrogens (primary N) is 1. The molecule has 2 aromatic heterocycles. The molecular weight excluding hydrogens is 404 g/mol. The Labute approximate surface area is 186 Å². The molecule has 1 aliphatic carbocycles. The van der Waals surface area contributed by atoms with Crippen molar-refractivity contribution in [2.45, 2.75) is 38.2 Å². The summed E-state index contributed by atoms with van der Waals surface area (Å²) in [6.07, 6.45) is 4.87. The highest BCUT2D eigenvalue weighted by atomic mass is 16.5. The van der Waals surface area contributed by atoms with E-state index in [1.807, 2.05) is 73.0 Å². The Bertz CT molecular complexity index is 1260. The van der Waals surface area contributed by atoms with Gasteiger partial charge in [-0.3, -0.25) is 4.40 Å². The van der Waals surface area contributed by atoms with Crippen molar-refractivity contribution < 1.29 is 14.6 Å². The van der Waals surface area contributed by atoms with Crippen LogP contribution in [-0.4, -0.2) is 31.7 Å². The van der Waals surface area contributed by atoms with E-state index >= 15 is 0 Å². The average molecular weight is 431 g/mol. The van der Waals surface area contributed by atoms with E-state index in [1.54, 1.807) is 6.20 Å². The molecule has 0 spiro atoms. The SMILES string of the molecule is CCOc1cc(Oc2ccccc2)ccc1-c1nc(C2CC(C)(O)C2)n2ccnc(N)c12. The van der Waals surface area contributed by atoms with Crippen molar-refractivity contribution in [3.63, 3.8) is 0 Å². The molecule has 3 N–H and O–H groups in total. The highest BCUT2D eigenvalue weighted by Crippen LogP contribution is 2.46. The number of fused-ring (bicyclic) bond motifs is 1. The Kier molecular flexibility index (Phi) is 4.98. The lowest BCUT2D eigenvalue weighted by Crippen LogP contribution is -2.40. The maximum atomic E-state index is 10.3. The fourth-order valence-electron chi connectivity index (χ4n) is 4.41. The predicted molar refractivity (Wildman–Crippen MR) is 123 cm³/mol. The number of imidazole rings is 1. The number of rotatable bonds is 6. The van der Waals surface area contributed by atoms with Gasteiger partial charge in [-0.25, -0.2) is 9.97 Å². The minimum Gasteiger partial charge on any atom is -0.493 e. The standard InChI is InChI=1S/C25H26N4O3/c1-3-31-20-13-18(32-17-7-5-4-6-8-17)9-10-19(20)21-22-23(26)27-11-12-29(22)24(28-21)16-14-25(2,30)15-16/h4-13,16,30H,3,14-15H2,1-2H3,(H2,26,27). The molecule has 2 aromatic carbocycles. The molecule has 0 amide bonds. The molecule has 2 heterocycles. The molecule has 1 saturated carbocycles. The number of nitrogen functional groups attached to an aromatic ring is 1. The smallest absolute Gasteiger partial charge is 0.150 e. The molecule has 0 aliphatic heterocycles. The van der Waals surface area contributed by atoms with Gasteiger partial charge in [0.2, 0.25) is 0 Å². The first-order chi connectivity index (χ1) is 15.4. The van der Waals surface area contributed by atoms with Crippen molar-refractivity contribution in [2.24, 2.45) is 0 Å². The van der Waals surface area contributed by atoms with Crippen molar-refractivity contribution in [3.8, 4) is 28.5 Å². The summed E-state index contributed by atoms with van der Waals surface area (Å²) in [5.74, 6) is 3.53. The molecule has 1 aliphatic rings. The number of aliphatic hydroxyl groups is 1. The second-order valence-electron chi connectivity index (χ2n) is 8.46. The van der Waals surface area contributed by atoms with Crippen LogP contribution in [0.3, 0.4) is 0 Å². The molecule has 164 valence electrons. The van der Waals surface area contributed by atoms with Crippen molar-refractivity contribution >= 4 is 11.3 Å². The van der Waals surface area contributed by atoms with E-state index < -0.39 is 5.60 Å². The van der Waals surface area contributed by atoms with Crippen molar-refractivity contribution in [1.82, 2.24) is 14.4 Å². The zero-order chi connectivity index (χ0) is 22.3. The quantitative estimate of drug-likeness (QED) is 0.456. The molecule has 0 atom stereocenters. The molecule has 0 bridgehead atoms. The first-order valence-electron chi connectivity index (χ1n) is 10.8. The minimum absolute atomic E-state index is 0.157. The summed E-state index contributed by atoms with van der Waals surface area (Å²) in [7, 11) is 0. The Balaban J connectivity index is 1.60. The first kappa shape index (κ1) is 20.3. The molecule has 0 unspecified atom stereocenters. The summed E-state index contributed by atoms with van der Waals surface area (Å²) >= 11 is 0. The molecule has 0 radical (unpaired) electrons. The van der Waals surface area contributed by atoms with Crippen LogP contribution < -0.4 is 15.2 Å². The van der Waals surface area contributed by atoms with Crippen LogP contribution in [0.15, 0.2) is 60.9 Å². The van der Waals surface area contributed by atoms with Crippen LogP contribution >= 0.6 is 0 Å². The van der Waals surface area contributed by atoms with E-state index in [1.165, 1.54) is 0 Å². The van der Waals surface area contributed by atoms with Gasteiger partial charge in [-0.05, 0) is 51.0 Å². The fraction of sp³-hybridized carbons (Fsp3) is 0.280. The normalized spacial score (nSPS) is 20.2. The average Bonchev–Trinajstić information content (AvgIpc) is 3.14. The lowest BCUT2D eigenvalue weighted by molar-refractivity contribution is -0.0335. The van der Waals surface area contributed by atoms with Crippen LogP contribution in [0.2, 0.25) is 0 Å². The summed E-state index contributed by atoms with van der Waals surface area (Å²) in [6.45, 7) is 4.30. The van der Waals surface area contributed by atoms with Gasteiger partial charge >= 0.3 is 0 Å². The lowest BCUT2D eigenvalue weighted by atomic mass is 9.72. The van der Waals surface area contributed by atoms with Gasteiger partial charge in [0.25, 0.3) is 0 Å². The molecule has 5 rings (SSSR count). The number of benzene rings is 2. The second kappa shape index (κ2) is 7.84. The van der Waals surface area contributed by atoms with Crippen molar-refractivity contribution in [1.29, 1.82) is 0 Å². The van der Waals surface area contributed by atoms with Gasteiger partial charge in [0.05, 0.1) is 12.2 Å². The van der Waals surface area contributed by atoms with Crippen LogP contribution in [0.5, 0.6) is 17.2 Å². The summed E-state index contributed by atoms with van der Waals surface area (Å²) in [5.41, 5.74) is 7.92. The van der Waals surface area contributed by atoms with Crippen LogP contribution in [0.4, 0.5) is 5.82 Å². The number of anilines is 1. The third-order valence-electron chi connectivity index (χ3n) is 5.83.